The number of carbonyl (C=O) groups excluding carboxylic acids is 1. The Morgan fingerprint density at radius 3 is 2.79 bits per heavy atom. The number of ether oxygens (including phenoxy) is 1. The average molecular weight is 332 g/mol. The quantitative estimate of drug-likeness (QED) is 0.688. The molecule has 0 saturated carbocycles. The monoisotopic (exact) mass is 332 g/mol. The lowest BCUT2D eigenvalue weighted by Crippen LogP contribution is -2.37. The van der Waals surface area contributed by atoms with Crippen LogP contribution >= 0.6 is 0 Å². The first kappa shape index (κ1) is 17.9. The van der Waals surface area contributed by atoms with E-state index in [9.17, 15) is 9.90 Å². The summed E-state index contributed by atoms with van der Waals surface area (Å²) in [6, 6.07) is 10.1. The minimum atomic E-state index is -0.754. The molecule has 1 heterocycles. The Hall–Kier alpha value is -2.47. The van der Waals surface area contributed by atoms with Gasteiger partial charge in [0.05, 0.1) is 18.6 Å². The van der Waals surface area contributed by atoms with Crippen molar-refractivity contribution < 1.29 is 19.1 Å². The molecule has 0 radical (unpaired) electrons. The molecule has 0 aliphatic carbocycles. The molecule has 1 aromatic carbocycles. The Bertz CT molecular complexity index is 628. The first-order valence-electron chi connectivity index (χ1n) is 8.11. The third kappa shape index (κ3) is 5.31. The number of furan rings is 1. The van der Waals surface area contributed by atoms with Crippen LogP contribution in [0.5, 0.6) is 5.75 Å². The van der Waals surface area contributed by atoms with E-state index in [1.54, 1.807) is 18.2 Å². The van der Waals surface area contributed by atoms with Gasteiger partial charge in [0.1, 0.15) is 17.6 Å². The van der Waals surface area contributed by atoms with E-state index < -0.39 is 6.10 Å². The molecule has 0 saturated heterocycles. The van der Waals surface area contributed by atoms with E-state index in [0.29, 0.717) is 30.2 Å². The Kier molecular flexibility index (Phi) is 6.69. The zero-order chi connectivity index (χ0) is 17.4. The molecule has 6 nitrogen and oxygen atoms in total. The third-order valence-corrected chi connectivity index (χ3v) is 3.42. The second-order valence-corrected chi connectivity index (χ2v) is 5.61. The fraction of sp³-hybridized carbons (Fsp3) is 0.389. The van der Waals surface area contributed by atoms with E-state index in [1.165, 1.54) is 6.26 Å². The van der Waals surface area contributed by atoms with Crippen LogP contribution in [0.1, 0.15) is 38.6 Å². The van der Waals surface area contributed by atoms with E-state index in [-0.39, 0.29) is 12.1 Å². The summed E-state index contributed by atoms with van der Waals surface area (Å²) < 4.78 is 10.8. The van der Waals surface area contributed by atoms with Crippen LogP contribution in [0.15, 0.2) is 47.1 Å². The smallest absolute Gasteiger partial charge is 0.319 e. The summed E-state index contributed by atoms with van der Waals surface area (Å²) in [4.78, 5) is 12.1. The highest BCUT2D eigenvalue weighted by atomic mass is 16.5. The molecule has 2 aromatic rings. The van der Waals surface area contributed by atoms with Crippen LogP contribution in [0, 0.1) is 0 Å². The molecule has 3 N–H and O–H groups in total. The molecule has 0 aliphatic rings. The highest BCUT2D eigenvalue weighted by molar-refractivity contribution is 5.91. The van der Waals surface area contributed by atoms with Crippen LogP contribution in [-0.4, -0.2) is 23.8 Å². The first-order valence-corrected chi connectivity index (χ1v) is 8.11. The van der Waals surface area contributed by atoms with Crippen molar-refractivity contribution in [1.82, 2.24) is 5.32 Å². The third-order valence-electron chi connectivity index (χ3n) is 3.42. The molecule has 24 heavy (non-hydrogen) atoms. The highest BCUT2D eigenvalue weighted by Gasteiger charge is 2.17. The number of benzene rings is 1. The maximum atomic E-state index is 12.1. The zero-order valence-electron chi connectivity index (χ0n) is 14.0. The lowest BCUT2D eigenvalue weighted by molar-refractivity contribution is 0.130. The standard InChI is InChI=1S/C18H24N2O4/c1-3-10-23-16-8-5-4-7-14(16)20-18(22)19-13(2)12-15(21)17-9-6-11-24-17/h4-9,11,13,15,21H,3,10,12H2,1-2H3,(H2,19,20,22). The molecule has 130 valence electrons. The van der Waals surface area contributed by atoms with Gasteiger partial charge in [-0.3, -0.25) is 0 Å². The number of amides is 2. The van der Waals surface area contributed by atoms with Gasteiger partial charge in [0.25, 0.3) is 0 Å². The largest absolute Gasteiger partial charge is 0.491 e. The average Bonchev–Trinajstić information content (AvgIpc) is 3.08. The molecule has 6 heteroatoms. The number of urea groups is 1. The Balaban J connectivity index is 1.86. The maximum absolute atomic E-state index is 12.1. The maximum Gasteiger partial charge on any atom is 0.319 e. The van der Waals surface area contributed by atoms with Crippen molar-refractivity contribution in [3.63, 3.8) is 0 Å². The van der Waals surface area contributed by atoms with Crippen molar-refractivity contribution in [2.45, 2.75) is 38.8 Å². The number of nitrogens with one attached hydrogen (secondary N) is 2. The van der Waals surface area contributed by atoms with E-state index in [4.69, 9.17) is 9.15 Å². The SMILES string of the molecule is CCCOc1ccccc1NC(=O)NC(C)CC(O)c1ccco1. The van der Waals surface area contributed by atoms with Gasteiger partial charge in [-0.15, -0.1) is 0 Å². The predicted octanol–water partition coefficient (Wildman–Crippen LogP) is 3.70. The normalized spacial score (nSPS) is 13.1. The van der Waals surface area contributed by atoms with E-state index >= 15 is 0 Å². The second kappa shape index (κ2) is 8.98. The van der Waals surface area contributed by atoms with Crippen LogP contribution in [0.3, 0.4) is 0 Å². The van der Waals surface area contributed by atoms with Crippen molar-refractivity contribution in [3.8, 4) is 5.75 Å². The van der Waals surface area contributed by atoms with Gasteiger partial charge in [-0.2, -0.15) is 0 Å². The summed E-state index contributed by atoms with van der Waals surface area (Å²) in [5.74, 6) is 1.13. The molecular weight excluding hydrogens is 308 g/mol. The highest BCUT2D eigenvalue weighted by Crippen LogP contribution is 2.24. The van der Waals surface area contributed by atoms with E-state index in [1.807, 2.05) is 32.0 Å². The van der Waals surface area contributed by atoms with Crippen LogP contribution < -0.4 is 15.4 Å². The number of carbonyl (C=O) groups is 1. The van der Waals surface area contributed by atoms with Crippen LogP contribution in [-0.2, 0) is 0 Å². The number of aliphatic hydroxyl groups excluding tert-OH is 1. The van der Waals surface area contributed by atoms with E-state index in [2.05, 4.69) is 10.6 Å². The summed E-state index contributed by atoms with van der Waals surface area (Å²) in [6.45, 7) is 4.44. The Morgan fingerprint density at radius 1 is 1.29 bits per heavy atom. The molecule has 0 spiro atoms. The minimum Gasteiger partial charge on any atom is -0.491 e. The number of anilines is 1. The fourth-order valence-corrected chi connectivity index (χ4v) is 2.28. The number of aliphatic hydroxyl groups is 1. The molecule has 2 amide bonds. The van der Waals surface area contributed by atoms with E-state index in [0.717, 1.165) is 6.42 Å². The van der Waals surface area contributed by atoms with Gasteiger partial charge in [-0.25, -0.2) is 4.79 Å². The van der Waals surface area contributed by atoms with Gasteiger partial charge in [0.2, 0.25) is 0 Å². The van der Waals surface area contributed by atoms with Gasteiger partial charge in [-0.1, -0.05) is 19.1 Å². The van der Waals surface area contributed by atoms with Gasteiger partial charge in [0.15, 0.2) is 0 Å². The van der Waals surface area contributed by atoms with Crippen molar-refractivity contribution in [1.29, 1.82) is 0 Å². The lowest BCUT2D eigenvalue weighted by atomic mass is 10.1. The molecule has 0 bridgehead atoms. The number of hydrogen-bond acceptors (Lipinski definition) is 4. The zero-order valence-corrected chi connectivity index (χ0v) is 14.0. The Labute approximate surface area is 141 Å². The van der Waals surface area contributed by atoms with Crippen molar-refractivity contribution in [2.75, 3.05) is 11.9 Å². The van der Waals surface area contributed by atoms with Crippen molar-refractivity contribution >= 4 is 11.7 Å². The summed E-state index contributed by atoms with van der Waals surface area (Å²) in [5.41, 5.74) is 0.613. The minimum absolute atomic E-state index is 0.228. The fourth-order valence-electron chi connectivity index (χ4n) is 2.28. The van der Waals surface area contributed by atoms with Crippen molar-refractivity contribution in [2.24, 2.45) is 0 Å². The molecule has 2 atom stereocenters. The molecule has 0 fully saturated rings. The van der Waals surface area contributed by atoms with Gasteiger partial charge in [0, 0.05) is 12.5 Å². The lowest BCUT2D eigenvalue weighted by Gasteiger charge is -2.18. The van der Waals surface area contributed by atoms with Gasteiger partial charge < -0.3 is 24.9 Å². The summed E-state index contributed by atoms with van der Waals surface area (Å²) in [5, 5.41) is 15.6. The number of rotatable bonds is 8. The molecule has 1 aromatic heterocycles. The molecule has 0 aliphatic heterocycles. The summed E-state index contributed by atoms with van der Waals surface area (Å²) in [6.07, 6.45) is 2.00. The molecule has 2 rings (SSSR count). The summed E-state index contributed by atoms with van der Waals surface area (Å²) >= 11 is 0. The molecular formula is C18H24N2O4. The second-order valence-electron chi connectivity index (χ2n) is 5.61. The van der Waals surface area contributed by atoms with Gasteiger partial charge in [-0.05, 0) is 37.6 Å². The van der Waals surface area contributed by atoms with Crippen molar-refractivity contribution in [3.05, 3.63) is 48.4 Å². The summed E-state index contributed by atoms with van der Waals surface area (Å²) in [7, 11) is 0. The topological polar surface area (TPSA) is 83.7 Å². The number of hydrogen-bond donors (Lipinski definition) is 3. The van der Waals surface area contributed by atoms with Crippen LogP contribution in [0.25, 0.3) is 0 Å². The van der Waals surface area contributed by atoms with Crippen LogP contribution in [0.2, 0.25) is 0 Å². The first-order chi connectivity index (χ1) is 11.6. The molecule has 2 unspecified atom stereocenters. The Morgan fingerprint density at radius 2 is 2.08 bits per heavy atom. The number of para-hydroxylation sites is 2. The van der Waals surface area contributed by atoms with Gasteiger partial charge >= 0.3 is 6.03 Å². The van der Waals surface area contributed by atoms with Crippen LogP contribution in [0.4, 0.5) is 10.5 Å². The predicted molar refractivity (Wildman–Crippen MR) is 92.1 cm³/mol.